The fraction of sp³-hybridized carbons (Fsp3) is 0.222. The molecular formula is C18H18N2O3. The Bertz CT molecular complexity index is 743. The Morgan fingerprint density at radius 1 is 1.17 bits per heavy atom. The maximum absolute atomic E-state index is 12.4. The average Bonchev–Trinajstić information content (AvgIpc) is 3.01. The van der Waals surface area contributed by atoms with Crippen LogP contribution in [0.1, 0.15) is 23.2 Å². The van der Waals surface area contributed by atoms with E-state index in [0.717, 1.165) is 12.1 Å². The standard InChI is InChI=1S/C18H18N2O3/c1-23-16-8-3-6-14(12-16)19-18(22)13-5-2-7-15(11-13)20-10-4-9-17(20)21/h2-3,5-8,11-12H,4,9-10H2,1H3,(H,19,22). The number of nitrogens with zero attached hydrogens (tertiary/aromatic N) is 1. The zero-order chi connectivity index (χ0) is 16.2. The van der Waals surface area contributed by atoms with Gasteiger partial charge in [-0.2, -0.15) is 0 Å². The van der Waals surface area contributed by atoms with Crippen LogP contribution in [-0.2, 0) is 4.79 Å². The second-order valence-corrected chi connectivity index (χ2v) is 5.39. The largest absolute Gasteiger partial charge is 0.497 e. The number of amides is 2. The molecule has 1 aliphatic heterocycles. The Morgan fingerprint density at radius 2 is 2.00 bits per heavy atom. The minimum Gasteiger partial charge on any atom is -0.497 e. The van der Waals surface area contributed by atoms with Crippen LogP contribution in [0.15, 0.2) is 48.5 Å². The van der Waals surface area contributed by atoms with Crippen molar-refractivity contribution in [2.24, 2.45) is 0 Å². The van der Waals surface area contributed by atoms with E-state index in [-0.39, 0.29) is 11.8 Å². The molecule has 0 spiro atoms. The molecule has 1 fully saturated rings. The van der Waals surface area contributed by atoms with Crippen molar-refractivity contribution < 1.29 is 14.3 Å². The molecular weight excluding hydrogens is 292 g/mol. The van der Waals surface area contributed by atoms with Gasteiger partial charge in [0.05, 0.1) is 7.11 Å². The highest BCUT2D eigenvalue weighted by Gasteiger charge is 2.22. The molecule has 0 aliphatic carbocycles. The van der Waals surface area contributed by atoms with Gasteiger partial charge in [0.1, 0.15) is 5.75 Å². The molecule has 0 unspecified atom stereocenters. The van der Waals surface area contributed by atoms with Crippen molar-refractivity contribution in [3.8, 4) is 5.75 Å². The number of anilines is 2. The van der Waals surface area contributed by atoms with Gasteiger partial charge in [-0.3, -0.25) is 9.59 Å². The predicted molar refractivity (Wildman–Crippen MR) is 89.0 cm³/mol. The molecule has 2 aromatic carbocycles. The van der Waals surface area contributed by atoms with E-state index >= 15 is 0 Å². The van der Waals surface area contributed by atoms with E-state index in [2.05, 4.69) is 5.32 Å². The zero-order valence-electron chi connectivity index (χ0n) is 12.9. The van der Waals surface area contributed by atoms with Crippen LogP contribution in [0.4, 0.5) is 11.4 Å². The summed E-state index contributed by atoms with van der Waals surface area (Å²) < 4.78 is 5.15. The number of rotatable bonds is 4. The molecule has 1 saturated heterocycles. The van der Waals surface area contributed by atoms with E-state index in [4.69, 9.17) is 4.74 Å². The monoisotopic (exact) mass is 310 g/mol. The SMILES string of the molecule is COc1cccc(NC(=O)c2cccc(N3CCCC3=O)c2)c1. The number of hydrogen-bond donors (Lipinski definition) is 1. The molecule has 0 saturated carbocycles. The Morgan fingerprint density at radius 3 is 2.74 bits per heavy atom. The van der Waals surface area contributed by atoms with Gasteiger partial charge in [0.2, 0.25) is 5.91 Å². The number of carbonyl (C=O) groups excluding carboxylic acids is 2. The van der Waals surface area contributed by atoms with Crippen LogP contribution >= 0.6 is 0 Å². The van der Waals surface area contributed by atoms with Crippen molar-refractivity contribution in [1.29, 1.82) is 0 Å². The first-order valence-electron chi connectivity index (χ1n) is 7.53. The molecule has 5 heteroatoms. The number of carbonyl (C=O) groups is 2. The third-order valence-corrected chi connectivity index (χ3v) is 3.82. The summed E-state index contributed by atoms with van der Waals surface area (Å²) in [6, 6.07) is 14.3. The third kappa shape index (κ3) is 3.34. The van der Waals surface area contributed by atoms with Gasteiger partial charge in [-0.15, -0.1) is 0 Å². The summed E-state index contributed by atoms with van der Waals surface area (Å²) in [5.74, 6) is 0.571. The average molecular weight is 310 g/mol. The van der Waals surface area contributed by atoms with Crippen molar-refractivity contribution in [3.63, 3.8) is 0 Å². The van der Waals surface area contributed by atoms with Gasteiger partial charge >= 0.3 is 0 Å². The molecule has 0 aromatic heterocycles. The Labute approximate surface area is 134 Å². The van der Waals surface area contributed by atoms with Crippen molar-refractivity contribution in [2.45, 2.75) is 12.8 Å². The fourth-order valence-electron chi connectivity index (χ4n) is 2.64. The van der Waals surface area contributed by atoms with Crippen LogP contribution in [0.25, 0.3) is 0 Å². The zero-order valence-corrected chi connectivity index (χ0v) is 12.9. The first kappa shape index (κ1) is 15.1. The Hall–Kier alpha value is -2.82. The number of nitrogens with one attached hydrogen (secondary N) is 1. The first-order chi connectivity index (χ1) is 11.2. The van der Waals surface area contributed by atoms with Crippen molar-refractivity contribution in [3.05, 3.63) is 54.1 Å². The van der Waals surface area contributed by atoms with Crippen molar-refractivity contribution in [2.75, 3.05) is 23.9 Å². The molecule has 2 aromatic rings. The summed E-state index contributed by atoms with van der Waals surface area (Å²) in [5, 5.41) is 2.84. The second-order valence-electron chi connectivity index (χ2n) is 5.39. The lowest BCUT2D eigenvalue weighted by Gasteiger charge is -2.16. The maximum Gasteiger partial charge on any atom is 0.255 e. The van der Waals surface area contributed by atoms with Crippen LogP contribution in [0, 0.1) is 0 Å². The highest BCUT2D eigenvalue weighted by Crippen LogP contribution is 2.23. The lowest BCUT2D eigenvalue weighted by Crippen LogP contribution is -2.24. The summed E-state index contributed by atoms with van der Waals surface area (Å²) in [4.78, 5) is 26.0. The van der Waals surface area contributed by atoms with Gasteiger partial charge in [0.25, 0.3) is 5.91 Å². The molecule has 1 aliphatic rings. The van der Waals surface area contributed by atoms with Crippen molar-refractivity contribution >= 4 is 23.2 Å². The first-order valence-corrected chi connectivity index (χ1v) is 7.53. The highest BCUT2D eigenvalue weighted by molar-refractivity contribution is 6.05. The molecule has 0 bridgehead atoms. The molecule has 5 nitrogen and oxygen atoms in total. The molecule has 23 heavy (non-hydrogen) atoms. The lowest BCUT2D eigenvalue weighted by molar-refractivity contribution is -0.117. The van der Waals surface area contributed by atoms with E-state index in [9.17, 15) is 9.59 Å². The van der Waals surface area contributed by atoms with Crippen LogP contribution in [-0.4, -0.2) is 25.5 Å². The number of ether oxygens (including phenoxy) is 1. The van der Waals surface area contributed by atoms with Gasteiger partial charge < -0.3 is 15.0 Å². The summed E-state index contributed by atoms with van der Waals surface area (Å²) in [7, 11) is 1.58. The Balaban J connectivity index is 1.78. The third-order valence-electron chi connectivity index (χ3n) is 3.82. The van der Waals surface area contributed by atoms with Crippen LogP contribution in [0.5, 0.6) is 5.75 Å². The maximum atomic E-state index is 12.4. The summed E-state index contributed by atoms with van der Waals surface area (Å²) >= 11 is 0. The molecule has 118 valence electrons. The highest BCUT2D eigenvalue weighted by atomic mass is 16.5. The lowest BCUT2D eigenvalue weighted by atomic mass is 10.1. The second kappa shape index (κ2) is 6.52. The molecule has 1 heterocycles. The van der Waals surface area contributed by atoms with E-state index in [1.54, 1.807) is 42.3 Å². The quantitative estimate of drug-likeness (QED) is 0.944. The van der Waals surface area contributed by atoms with Gasteiger partial charge in [0, 0.05) is 36.0 Å². The van der Waals surface area contributed by atoms with Gasteiger partial charge in [0.15, 0.2) is 0 Å². The number of benzene rings is 2. The number of methoxy groups -OCH3 is 1. The van der Waals surface area contributed by atoms with Gasteiger partial charge in [-0.05, 0) is 36.8 Å². The van der Waals surface area contributed by atoms with E-state index < -0.39 is 0 Å². The van der Waals surface area contributed by atoms with E-state index in [1.807, 2.05) is 18.2 Å². The topological polar surface area (TPSA) is 58.6 Å². The van der Waals surface area contributed by atoms with Crippen LogP contribution in [0.3, 0.4) is 0 Å². The molecule has 1 N–H and O–H groups in total. The number of hydrogen-bond acceptors (Lipinski definition) is 3. The van der Waals surface area contributed by atoms with E-state index in [0.29, 0.717) is 30.0 Å². The summed E-state index contributed by atoms with van der Waals surface area (Å²) in [5.41, 5.74) is 1.95. The molecule has 0 radical (unpaired) electrons. The molecule has 2 amide bonds. The van der Waals surface area contributed by atoms with E-state index in [1.165, 1.54) is 0 Å². The smallest absolute Gasteiger partial charge is 0.255 e. The fourth-order valence-corrected chi connectivity index (χ4v) is 2.64. The minimum absolute atomic E-state index is 0.107. The van der Waals surface area contributed by atoms with Crippen LogP contribution < -0.4 is 15.0 Å². The molecule has 0 atom stereocenters. The van der Waals surface area contributed by atoms with Gasteiger partial charge in [-0.1, -0.05) is 12.1 Å². The Kier molecular flexibility index (Phi) is 4.28. The summed E-state index contributed by atoms with van der Waals surface area (Å²) in [6.45, 7) is 0.708. The summed E-state index contributed by atoms with van der Waals surface area (Å²) in [6.07, 6.45) is 1.43. The minimum atomic E-state index is -0.216. The predicted octanol–water partition coefficient (Wildman–Crippen LogP) is 3.07. The normalized spacial score (nSPS) is 14.0. The molecule has 3 rings (SSSR count). The van der Waals surface area contributed by atoms with Gasteiger partial charge in [-0.25, -0.2) is 0 Å². The van der Waals surface area contributed by atoms with Crippen LogP contribution in [0.2, 0.25) is 0 Å². The van der Waals surface area contributed by atoms with Crippen molar-refractivity contribution in [1.82, 2.24) is 0 Å².